The fourth-order valence-corrected chi connectivity index (χ4v) is 2.97. The molecule has 0 aliphatic rings. The summed E-state index contributed by atoms with van der Waals surface area (Å²) in [5.74, 6) is -1.96. The molecule has 1 unspecified atom stereocenters. The zero-order valence-electron chi connectivity index (χ0n) is 17.8. The van der Waals surface area contributed by atoms with Crippen molar-refractivity contribution in [3.63, 3.8) is 0 Å². The number of carbonyl (C=O) groups is 2. The molecule has 0 aliphatic carbocycles. The maximum absolute atomic E-state index is 12.7. The first kappa shape index (κ1) is 26.7. The van der Waals surface area contributed by atoms with Gasteiger partial charge in [-0.1, -0.05) is 72.1 Å². The molecule has 7 heteroatoms. The summed E-state index contributed by atoms with van der Waals surface area (Å²) in [5, 5.41) is 0. The Morgan fingerprint density at radius 1 is 0.786 bits per heavy atom. The van der Waals surface area contributed by atoms with Crippen LogP contribution in [0.4, 0.5) is 13.2 Å². The Morgan fingerprint density at radius 2 is 1.25 bits per heavy atom. The Balaban J connectivity index is 4.34. The summed E-state index contributed by atoms with van der Waals surface area (Å²) >= 11 is 0. The van der Waals surface area contributed by atoms with Crippen LogP contribution in [0.1, 0.15) is 98.3 Å². The number of halogens is 3. The Kier molecular flexibility index (Phi) is 13.2. The van der Waals surface area contributed by atoms with Gasteiger partial charge in [-0.2, -0.15) is 13.2 Å². The molecular formula is C21H37F3O4. The summed E-state index contributed by atoms with van der Waals surface area (Å²) in [5.41, 5.74) is -1.68. The fraction of sp³-hybridized carbons (Fsp3) is 0.905. The van der Waals surface area contributed by atoms with Crippen molar-refractivity contribution >= 4 is 11.9 Å². The summed E-state index contributed by atoms with van der Waals surface area (Å²) in [7, 11) is 0. The topological polar surface area (TPSA) is 52.6 Å². The predicted octanol–water partition coefficient (Wildman–Crippen LogP) is 6.36. The zero-order valence-corrected chi connectivity index (χ0v) is 17.8. The van der Waals surface area contributed by atoms with Crippen molar-refractivity contribution in [1.82, 2.24) is 0 Å². The zero-order chi connectivity index (χ0) is 21.6. The second kappa shape index (κ2) is 13.8. The summed E-state index contributed by atoms with van der Waals surface area (Å²) in [6, 6.07) is 0. The van der Waals surface area contributed by atoms with Crippen LogP contribution in [-0.2, 0) is 19.1 Å². The second-order valence-electron chi connectivity index (χ2n) is 7.34. The lowest BCUT2D eigenvalue weighted by Crippen LogP contribution is -2.44. The molecule has 0 aromatic heterocycles. The van der Waals surface area contributed by atoms with Crippen LogP contribution >= 0.6 is 0 Å². The minimum Gasteiger partial charge on any atom is -0.465 e. The number of esters is 2. The van der Waals surface area contributed by atoms with Gasteiger partial charge in [0.25, 0.3) is 0 Å². The first-order valence-corrected chi connectivity index (χ1v) is 10.6. The monoisotopic (exact) mass is 410 g/mol. The molecule has 1 atom stereocenters. The third-order valence-electron chi connectivity index (χ3n) is 5.21. The Bertz CT molecular complexity index is 445. The van der Waals surface area contributed by atoms with Crippen LogP contribution in [0.3, 0.4) is 0 Å². The average molecular weight is 411 g/mol. The molecule has 4 nitrogen and oxygen atoms in total. The van der Waals surface area contributed by atoms with Gasteiger partial charge in [0.05, 0.1) is 6.61 Å². The molecule has 0 spiro atoms. The summed E-state index contributed by atoms with van der Waals surface area (Å²) in [6.45, 7) is 6.25. The predicted molar refractivity (Wildman–Crippen MR) is 103 cm³/mol. The Hall–Kier alpha value is -1.27. The van der Waals surface area contributed by atoms with Gasteiger partial charge >= 0.3 is 18.1 Å². The normalized spacial score (nSPS) is 13.2. The van der Waals surface area contributed by atoms with Crippen molar-refractivity contribution in [2.24, 2.45) is 5.41 Å². The third kappa shape index (κ3) is 9.28. The number of unbranched alkanes of at least 4 members (excludes halogenated alkanes) is 8. The van der Waals surface area contributed by atoms with Gasteiger partial charge in [-0.05, 0) is 26.2 Å². The van der Waals surface area contributed by atoms with E-state index in [1.165, 1.54) is 32.1 Å². The molecule has 0 aromatic rings. The van der Waals surface area contributed by atoms with Crippen molar-refractivity contribution in [2.45, 2.75) is 111 Å². The van der Waals surface area contributed by atoms with E-state index in [0.29, 0.717) is 6.42 Å². The lowest BCUT2D eigenvalue weighted by atomic mass is 9.82. The molecule has 0 aliphatic heterocycles. The minimum atomic E-state index is -4.66. The Morgan fingerprint density at radius 3 is 1.68 bits per heavy atom. The number of carbonyl (C=O) groups excluding carboxylic acids is 2. The highest BCUT2D eigenvalue weighted by Crippen LogP contribution is 2.33. The molecule has 0 saturated heterocycles. The van der Waals surface area contributed by atoms with Crippen molar-refractivity contribution in [2.75, 3.05) is 6.61 Å². The van der Waals surface area contributed by atoms with Gasteiger partial charge in [0.2, 0.25) is 0 Å². The SMILES string of the molecule is CCCCCCCCCCCOC(=O)C(CC)(CC)C(=O)OC(C)C(F)(F)F. The minimum absolute atomic E-state index is 0.0313. The lowest BCUT2D eigenvalue weighted by molar-refractivity contribution is -0.223. The smallest absolute Gasteiger partial charge is 0.425 e. The van der Waals surface area contributed by atoms with Crippen LogP contribution in [0.25, 0.3) is 0 Å². The first-order valence-electron chi connectivity index (χ1n) is 10.6. The van der Waals surface area contributed by atoms with Gasteiger partial charge in [0.15, 0.2) is 11.5 Å². The number of hydrogen-bond donors (Lipinski definition) is 0. The molecule has 0 rings (SSSR count). The van der Waals surface area contributed by atoms with E-state index in [0.717, 1.165) is 26.2 Å². The van der Waals surface area contributed by atoms with Gasteiger partial charge in [-0.25, -0.2) is 0 Å². The van der Waals surface area contributed by atoms with E-state index in [1.54, 1.807) is 13.8 Å². The second-order valence-corrected chi connectivity index (χ2v) is 7.34. The van der Waals surface area contributed by atoms with E-state index < -0.39 is 29.6 Å². The molecule has 28 heavy (non-hydrogen) atoms. The maximum Gasteiger partial charge on any atom is 0.425 e. The molecule has 0 heterocycles. The standard InChI is InChI=1S/C21H37F3O4/c1-5-8-9-10-11-12-13-14-15-16-27-18(25)20(6-2,7-3)19(26)28-17(4)21(22,23)24/h17H,5-16H2,1-4H3. The molecule has 0 saturated carbocycles. The van der Waals surface area contributed by atoms with Gasteiger partial charge in [-0.15, -0.1) is 0 Å². The molecule has 0 aromatic carbocycles. The Labute approximate surface area is 167 Å². The van der Waals surface area contributed by atoms with Crippen molar-refractivity contribution in [3.8, 4) is 0 Å². The first-order chi connectivity index (χ1) is 13.2. The summed E-state index contributed by atoms with van der Waals surface area (Å²) in [6.07, 6.45) is 3.16. The van der Waals surface area contributed by atoms with Crippen LogP contribution in [0.15, 0.2) is 0 Å². The van der Waals surface area contributed by atoms with E-state index >= 15 is 0 Å². The molecule has 166 valence electrons. The number of alkyl halides is 3. The van der Waals surface area contributed by atoms with Crippen LogP contribution < -0.4 is 0 Å². The van der Waals surface area contributed by atoms with Crippen molar-refractivity contribution < 1.29 is 32.2 Å². The molecule has 0 fully saturated rings. The maximum atomic E-state index is 12.7. The highest BCUT2D eigenvalue weighted by molar-refractivity contribution is 6.00. The summed E-state index contributed by atoms with van der Waals surface area (Å²) in [4.78, 5) is 24.7. The molecule has 0 N–H and O–H groups in total. The van der Waals surface area contributed by atoms with Crippen LogP contribution in [-0.4, -0.2) is 30.8 Å². The van der Waals surface area contributed by atoms with E-state index in [9.17, 15) is 22.8 Å². The number of rotatable bonds is 15. The van der Waals surface area contributed by atoms with Crippen LogP contribution in [0.5, 0.6) is 0 Å². The average Bonchev–Trinajstić information content (AvgIpc) is 2.64. The summed E-state index contributed by atoms with van der Waals surface area (Å²) < 4.78 is 47.7. The molecule has 0 radical (unpaired) electrons. The highest BCUT2D eigenvalue weighted by atomic mass is 19.4. The fourth-order valence-electron chi connectivity index (χ4n) is 2.97. The van der Waals surface area contributed by atoms with E-state index in [4.69, 9.17) is 4.74 Å². The number of hydrogen-bond acceptors (Lipinski definition) is 4. The van der Waals surface area contributed by atoms with Crippen LogP contribution in [0, 0.1) is 5.41 Å². The van der Waals surface area contributed by atoms with Gasteiger partial charge in [-0.3, -0.25) is 9.59 Å². The largest absolute Gasteiger partial charge is 0.465 e. The van der Waals surface area contributed by atoms with E-state index in [1.807, 2.05) is 0 Å². The van der Waals surface area contributed by atoms with E-state index in [2.05, 4.69) is 11.7 Å². The molecular weight excluding hydrogens is 373 g/mol. The number of ether oxygens (including phenoxy) is 2. The molecule has 0 bridgehead atoms. The van der Waals surface area contributed by atoms with E-state index in [-0.39, 0.29) is 19.4 Å². The molecule has 0 amide bonds. The van der Waals surface area contributed by atoms with Crippen LogP contribution in [0.2, 0.25) is 0 Å². The van der Waals surface area contributed by atoms with Gasteiger partial charge < -0.3 is 9.47 Å². The van der Waals surface area contributed by atoms with Gasteiger partial charge in [0, 0.05) is 0 Å². The lowest BCUT2D eigenvalue weighted by Gasteiger charge is -2.29. The third-order valence-corrected chi connectivity index (χ3v) is 5.21. The quantitative estimate of drug-likeness (QED) is 0.179. The van der Waals surface area contributed by atoms with Crippen molar-refractivity contribution in [1.29, 1.82) is 0 Å². The van der Waals surface area contributed by atoms with Gasteiger partial charge in [0.1, 0.15) is 0 Å². The highest BCUT2D eigenvalue weighted by Gasteiger charge is 2.49. The van der Waals surface area contributed by atoms with Crippen molar-refractivity contribution in [3.05, 3.63) is 0 Å².